The lowest BCUT2D eigenvalue weighted by Crippen LogP contribution is -2.65. The molecule has 3 atom stereocenters. The largest absolute Gasteiger partial charge is 0.324 e. The third kappa shape index (κ3) is 2.95. The fraction of sp³-hybridized carbons (Fsp3) is 0.267. The second kappa shape index (κ2) is 8.01. The summed E-state index contributed by atoms with van der Waals surface area (Å²) in [5.74, 6) is -0.174. The van der Waals surface area contributed by atoms with Crippen LogP contribution in [0.3, 0.4) is 0 Å². The zero-order valence-electron chi connectivity index (χ0n) is 20.1. The van der Waals surface area contributed by atoms with Gasteiger partial charge in [0.15, 0.2) is 5.78 Å². The Bertz CT molecular complexity index is 1340. The number of ketones is 1. The maximum atomic E-state index is 14.8. The predicted molar refractivity (Wildman–Crippen MR) is 138 cm³/mol. The number of nitrogens with one attached hydrogen (secondary N) is 1. The third-order valence-corrected chi connectivity index (χ3v) is 8.16. The molecule has 0 aromatic heterocycles. The van der Waals surface area contributed by atoms with E-state index in [4.69, 9.17) is 0 Å². The molecule has 35 heavy (non-hydrogen) atoms. The number of benzene rings is 3. The van der Waals surface area contributed by atoms with Crippen molar-refractivity contribution in [3.8, 4) is 0 Å². The second-order valence-electron chi connectivity index (χ2n) is 10.1. The molecule has 0 bridgehead atoms. The van der Waals surface area contributed by atoms with Crippen LogP contribution in [0.4, 0.5) is 5.69 Å². The van der Waals surface area contributed by atoms with E-state index in [1.807, 2.05) is 85.9 Å². The number of carbonyl (C=O) groups is 2. The molecular formula is C30H29N3O2. The zero-order valence-corrected chi connectivity index (χ0v) is 20.1. The van der Waals surface area contributed by atoms with E-state index in [9.17, 15) is 9.59 Å². The summed E-state index contributed by atoms with van der Waals surface area (Å²) >= 11 is 0. The van der Waals surface area contributed by atoms with E-state index in [0.29, 0.717) is 19.6 Å². The summed E-state index contributed by atoms with van der Waals surface area (Å²) in [6.07, 6.45) is 2.01. The van der Waals surface area contributed by atoms with E-state index in [1.54, 1.807) is 0 Å². The van der Waals surface area contributed by atoms with Gasteiger partial charge in [0.1, 0.15) is 5.54 Å². The van der Waals surface area contributed by atoms with E-state index in [2.05, 4.69) is 34.3 Å². The highest BCUT2D eigenvalue weighted by molar-refractivity contribution is 6.15. The first kappa shape index (κ1) is 22.0. The minimum Gasteiger partial charge on any atom is -0.324 e. The van der Waals surface area contributed by atoms with Gasteiger partial charge in [0.05, 0.1) is 5.41 Å². The van der Waals surface area contributed by atoms with Gasteiger partial charge in [-0.05, 0) is 37.4 Å². The number of para-hydroxylation sites is 1. The van der Waals surface area contributed by atoms with Gasteiger partial charge < -0.3 is 10.2 Å². The molecule has 2 saturated heterocycles. The second-order valence-corrected chi connectivity index (χ2v) is 10.1. The van der Waals surface area contributed by atoms with Gasteiger partial charge in [-0.1, -0.05) is 78.9 Å². The van der Waals surface area contributed by atoms with Gasteiger partial charge in [-0.15, -0.1) is 0 Å². The standard InChI is InChI=1S/C30H29N3O2/c1-32-18-23(17-21-11-5-3-6-12-21)27(34)29(20-32)25(22-13-7-4-8-14-22)19-33(2)30(29)24-15-9-10-16-26(24)31-28(30)35/h3-17,25H,18-20H2,1-2H3,(H,31,35)/b23-17+/t25-,29+,30+/m0/s1. The normalized spacial score (nSPS) is 29.8. The highest BCUT2D eigenvalue weighted by Gasteiger charge is 2.74. The summed E-state index contributed by atoms with van der Waals surface area (Å²) in [6, 6.07) is 28.1. The molecule has 0 radical (unpaired) electrons. The molecule has 3 aliphatic heterocycles. The number of hydrogen-bond donors (Lipinski definition) is 1. The van der Waals surface area contributed by atoms with Crippen molar-refractivity contribution in [2.24, 2.45) is 5.41 Å². The number of rotatable bonds is 2. The number of piperidine rings is 1. The molecule has 5 nitrogen and oxygen atoms in total. The Balaban J connectivity index is 1.64. The Hall–Kier alpha value is -3.54. The Kier molecular flexibility index (Phi) is 5.02. The van der Waals surface area contributed by atoms with Crippen LogP contribution in [-0.2, 0) is 15.1 Å². The minimum absolute atomic E-state index is 0.0736. The van der Waals surface area contributed by atoms with E-state index >= 15 is 0 Å². The van der Waals surface area contributed by atoms with Crippen LogP contribution >= 0.6 is 0 Å². The quantitative estimate of drug-likeness (QED) is 0.581. The summed E-state index contributed by atoms with van der Waals surface area (Å²) in [5.41, 5.74) is 2.46. The first-order chi connectivity index (χ1) is 17.0. The van der Waals surface area contributed by atoms with Crippen LogP contribution < -0.4 is 5.32 Å². The molecule has 0 aliphatic carbocycles. The molecule has 3 heterocycles. The van der Waals surface area contributed by atoms with Crippen molar-refractivity contribution in [3.63, 3.8) is 0 Å². The number of nitrogens with zero attached hydrogens (tertiary/aromatic N) is 2. The number of likely N-dealkylation sites (tertiary alicyclic amines) is 2. The number of likely N-dealkylation sites (N-methyl/N-ethyl adjacent to an activating group) is 2. The van der Waals surface area contributed by atoms with Crippen LogP contribution in [0.5, 0.6) is 0 Å². The lowest BCUT2D eigenvalue weighted by Gasteiger charge is -2.50. The van der Waals surface area contributed by atoms with Crippen LogP contribution in [0.1, 0.15) is 22.6 Å². The van der Waals surface area contributed by atoms with E-state index < -0.39 is 11.0 Å². The molecule has 5 heteroatoms. The molecule has 176 valence electrons. The highest BCUT2D eigenvalue weighted by atomic mass is 16.2. The molecule has 0 unspecified atom stereocenters. The van der Waals surface area contributed by atoms with Crippen LogP contribution in [0.2, 0.25) is 0 Å². The number of fused-ring (bicyclic) bond motifs is 3. The smallest absolute Gasteiger partial charge is 0.250 e. The third-order valence-electron chi connectivity index (χ3n) is 8.16. The summed E-state index contributed by atoms with van der Waals surface area (Å²) in [5, 5.41) is 3.13. The first-order valence-corrected chi connectivity index (χ1v) is 12.1. The molecule has 1 N–H and O–H groups in total. The average molecular weight is 464 g/mol. The first-order valence-electron chi connectivity index (χ1n) is 12.1. The van der Waals surface area contributed by atoms with Gasteiger partial charge in [-0.2, -0.15) is 0 Å². The van der Waals surface area contributed by atoms with E-state index in [-0.39, 0.29) is 17.6 Å². The molecule has 2 spiro atoms. The Labute approximate surface area is 206 Å². The van der Waals surface area contributed by atoms with Crippen LogP contribution in [0.15, 0.2) is 90.5 Å². The number of carbonyl (C=O) groups excluding carboxylic acids is 2. The lowest BCUT2D eigenvalue weighted by molar-refractivity contribution is -0.146. The van der Waals surface area contributed by atoms with E-state index in [1.165, 1.54) is 0 Å². The molecule has 0 saturated carbocycles. The van der Waals surface area contributed by atoms with E-state index in [0.717, 1.165) is 28.0 Å². The Morgan fingerprint density at radius 1 is 0.886 bits per heavy atom. The molecular weight excluding hydrogens is 434 g/mol. The van der Waals surface area contributed by atoms with Gasteiger partial charge in [-0.3, -0.25) is 14.5 Å². The number of hydrogen-bond acceptors (Lipinski definition) is 4. The van der Waals surface area contributed by atoms with Crippen LogP contribution in [-0.4, -0.2) is 55.2 Å². The van der Waals surface area contributed by atoms with Crippen molar-refractivity contribution in [1.82, 2.24) is 9.80 Å². The Morgan fingerprint density at radius 2 is 1.54 bits per heavy atom. The lowest BCUT2D eigenvalue weighted by atomic mass is 9.56. The molecule has 3 aliphatic rings. The summed E-state index contributed by atoms with van der Waals surface area (Å²) in [6.45, 7) is 1.67. The number of anilines is 1. The molecule has 3 aromatic rings. The van der Waals surface area contributed by atoms with Crippen LogP contribution in [0, 0.1) is 5.41 Å². The van der Waals surface area contributed by atoms with Gasteiger partial charge in [-0.25, -0.2) is 0 Å². The van der Waals surface area contributed by atoms with Crippen LogP contribution in [0.25, 0.3) is 6.08 Å². The molecule has 2 fully saturated rings. The summed E-state index contributed by atoms with van der Waals surface area (Å²) in [7, 11) is 4.05. The van der Waals surface area contributed by atoms with Crippen molar-refractivity contribution in [2.75, 3.05) is 39.0 Å². The fourth-order valence-electron chi connectivity index (χ4n) is 6.91. The molecule has 1 amide bonds. The molecule has 6 rings (SSSR count). The predicted octanol–water partition coefficient (Wildman–Crippen LogP) is 4.15. The monoisotopic (exact) mass is 463 g/mol. The van der Waals surface area contributed by atoms with Crippen molar-refractivity contribution >= 4 is 23.5 Å². The summed E-state index contributed by atoms with van der Waals surface area (Å²) < 4.78 is 0. The van der Waals surface area contributed by atoms with Crippen molar-refractivity contribution in [1.29, 1.82) is 0 Å². The number of amides is 1. The van der Waals surface area contributed by atoms with Gasteiger partial charge >= 0.3 is 0 Å². The van der Waals surface area contributed by atoms with Gasteiger partial charge in [0.2, 0.25) is 0 Å². The maximum Gasteiger partial charge on any atom is 0.250 e. The van der Waals surface area contributed by atoms with Gasteiger partial charge in [0, 0.05) is 42.4 Å². The fourth-order valence-corrected chi connectivity index (χ4v) is 6.91. The molecule has 3 aromatic carbocycles. The highest BCUT2D eigenvalue weighted by Crippen LogP contribution is 2.64. The summed E-state index contributed by atoms with van der Waals surface area (Å²) in [4.78, 5) is 33.3. The average Bonchev–Trinajstić information content (AvgIpc) is 3.32. The Morgan fingerprint density at radius 3 is 2.29 bits per heavy atom. The number of Topliss-reactive ketones (excluding diaryl/α,β-unsaturated/α-hetero) is 1. The topological polar surface area (TPSA) is 52.7 Å². The van der Waals surface area contributed by atoms with Crippen molar-refractivity contribution in [3.05, 3.63) is 107 Å². The van der Waals surface area contributed by atoms with Crippen molar-refractivity contribution in [2.45, 2.75) is 11.5 Å². The zero-order chi connectivity index (χ0) is 24.2. The van der Waals surface area contributed by atoms with Gasteiger partial charge in [0.25, 0.3) is 5.91 Å². The van der Waals surface area contributed by atoms with Crippen molar-refractivity contribution < 1.29 is 9.59 Å². The maximum absolute atomic E-state index is 14.8. The SMILES string of the molecule is CN1C/C(=C\c2ccccc2)C(=O)[C@@]2(C1)[C@H](c1ccccc1)CN(C)[C@]21C(=O)Nc2ccccc21. The minimum atomic E-state index is -1.09.